The highest BCUT2D eigenvalue weighted by Crippen LogP contribution is 2.25. The van der Waals surface area contributed by atoms with E-state index < -0.39 is 29.6 Å². The van der Waals surface area contributed by atoms with Gasteiger partial charge in [0.25, 0.3) is 5.91 Å². The molecule has 2 aromatic rings. The monoisotopic (exact) mass is 377 g/mol. The molecule has 2 aromatic carbocycles. The number of carbonyl (C=O) groups is 2. The number of nitrogens with one attached hydrogen (secondary N) is 3. The number of ether oxygens (including phenoxy) is 1. The van der Waals surface area contributed by atoms with Crippen molar-refractivity contribution in [2.75, 3.05) is 20.2 Å². The summed E-state index contributed by atoms with van der Waals surface area (Å²) < 4.78 is 32.1. The number of hydrogen-bond acceptors (Lipinski definition) is 3. The van der Waals surface area contributed by atoms with Gasteiger partial charge in [0.2, 0.25) is 0 Å². The van der Waals surface area contributed by atoms with Gasteiger partial charge in [-0.3, -0.25) is 4.79 Å². The Morgan fingerprint density at radius 2 is 1.78 bits per heavy atom. The van der Waals surface area contributed by atoms with Gasteiger partial charge in [-0.15, -0.1) is 0 Å². The predicted octanol–water partition coefficient (Wildman–Crippen LogP) is 2.76. The molecule has 0 bridgehead atoms. The van der Waals surface area contributed by atoms with E-state index in [4.69, 9.17) is 4.74 Å². The average Bonchev–Trinajstić information content (AvgIpc) is 2.65. The first-order valence-electron chi connectivity index (χ1n) is 8.33. The quantitative estimate of drug-likeness (QED) is 0.649. The molecule has 27 heavy (non-hydrogen) atoms. The van der Waals surface area contributed by atoms with Crippen LogP contribution in [-0.2, 0) is 0 Å². The van der Waals surface area contributed by atoms with Crippen molar-refractivity contribution in [1.29, 1.82) is 0 Å². The minimum Gasteiger partial charge on any atom is -0.496 e. The van der Waals surface area contributed by atoms with Crippen LogP contribution in [0.25, 0.3) is 0 Å². The normalized spacial score (nSPS) is 11.4. The Morgan fingerprint density at radius 3 is 2.48 bits per heavy atom. The van der Waals surface area contributed by atoms with E-state index in [0.29, 0.717) is 11.3 Å². The zero-order chi connectivity index (χ0) is 19.8. The summed E-state index contributed by atoms with van der Waals surface area (Å²) in [6, 6.07) is 8.68. The van der Waals surface area contributed by atoms with Crippen LogP contribution in [0.15, 0.2) is 42.5 Å². The van der Waals surface area contributed by atoms with Gasteiger partial charge < -0.3 is 20.7 Å². The van der Waals surface area contributed by atoms with Crippen LogP contribution in [0.5, 0.6) is 5.75 Å². The first-order valence-corrected chi connectivity index (χ1v) is 8.33. The Bertz CT molecular complexity index is 815. The van der Waals surface area contributed by atoms with E-state index >= 15 is 0 Å². The highest BCUT2D eigenvalue weighted by atomic mass is 19.1. The summed E-state index contributed by atoms with van der Waals surface area (Å²) in [7, 11) is 1.46. The maximum absolute atomic E-state index is 13.5. The summed E-state index contributed by atoms with van der Waals surface area (Å²) in [6.07, 6.45) is 0. The van der Waals surface area contributed by atoms with Gasteiger partial charge in [-0.1, -0.05) is 12.1 Å². The van der Waals surface area contributed by atoms with E-state index in [2.05, 4.69) is 16.0 Å². The maximum Gasteiger partial charge on any atom is 0.315 e. The van der Waals surface area contributed by atoms with Gasteiger partial charge in [0.1, 0.15) is 17.4 Å². The highest BCUT2D eigenvalue weighted by molar-refractivity contribution is 5.94. The topological polar surface area (TPSA) is 79.5 Å². The SMILES string of the molecule is COc1ccc(F)cc1[C@H](C)NC(=O)NCCNC(=O)c1ccccc1F. The lowest BCUT2D eigenvalue weighted by molar-refractivity contribution is 0.0949. The highest BCUT2D eigenvalue weighted by Gasteiger charge is 2.15. The van der Waals surface area contributed by atoms with Crippen LogP contribution in [0.4, 0.5) is 13.6 Å². The number of amides is 3. The summed E-state index contributed by atoms with van der Waals surface area (Å²) >= 11 is 0. The van der Waals surface area contributed by atoms with Crippen molar-refractivity contribution in [3.05, 3.63) is 65.2 Å². The minimum atomic E-state index is -0.612. The Hall–Kier alpha value is -3.16. The van der Waals surface area contributed by atoms with E-state index in [1.165, 1.54) is 43.5 Å². The Morgan fingerprint density at radius 1 is 1.07 bits per heavy atom. The van der Waals surface area contributed by atoms with Crippen molar-refractivity contribution in [1.82, 2.24) is 16.0 Å². The van der Waals surface area contributed by atoms with Crippen molar-refractivity contribution in [2.24, 2.45) is 0 Å². The van der Waals surface area contributed by atoms with Crippen LogP contribution >= 0.6 is 0 Å². The molecule has 0 saturated carbocycles. The molecule has 1 atom stereocenters. The van der Waals surface area contributed by atoms with E-state index in [1.54, 1.807) is 13.0 Å². The molecule has 0 radical (unpaired) electrons. The van der Waals surface area contributed by atoms with E-state index in [0.717, 1.165) is 0 Å². The number of urea groups is 1. The smallest absolute Gasteiger partial charge is 0.315 e. The minimum absolute atomic E-state index is 0.0613. The summed E-state index contributed by atoms with van der Waals surface area (Å²) in [6.45, 7) is 1.95. The number of benzene rings is 2. The van der Waals surface area contributed by atoms with Gasteiger partial charge in [0.05, 0.1) is 18.7 Å². The standard InChI is InChI=1S/C19H21F2N3O3/c1-12(15-11-13(20)7-8-17(15)27-2)24-19(26)23-10-9-22-18(25)14-5-3-4-6-16(14)21/h3-8,11-12H,9-10H2,1-2H3,(H,22,25)(H2,23,24,26)/t12-/m0/s1. The Balaban J connectivity index is 1.79. The zero-order valence-electron chi connectivity index (χ0n) is 15.0. The van der Waals surface area contributed by atoms with Gasteiger partial charge in [-0.05, 0) is 37.3 Å². The molecule has 6 nitrogen and oxygen atoms in total. The van der Waals surface area contributed by atoms with Crippen LogP contribution < -0.4 is 20.7 Å². The van der Waals surface area contributed by atoms with Crippen molar-refractivity contribution in [2.45, 2.75) is 13.0 Å². The van der Waals surface area contributed by atoms with Gasteiger partial charge in [-0.2, -0.15) is 0 Å². The molecule has 0 heterocycles. The molecule has 3 N–H and O–H groups in total. The lowest BCUT2D eigenvalue weighted by atomic mass is 10.1. The number of carbonyl (C=O) groups excluding carboxylic acids is 2. The maximum atomic E-state index is 13.5. The molecule has 0 aliphatic rings. The molecule has 0 unspecified atom stereocenters. The van der Waals surface area contributed by atoms with E-state index in [-0.39, 0.29) is 18.7 Å². The molecule has 0 saturated heterocycles. The fourth-order valence-corrected chi connectivity index (χ4v) is 2.46. The van der Waals surface area contributed by atoms with E-state index in [9.17, 15) is 18.4 Å². The lowest BCUT2D eigenvalue weighted by Gasteiger charge is -2.18. The molecule has 144 valence electrons. The average molecular weight is 377 g/mol. The van der Waals surface area contributed by atoms with Crippen LogP contribution in [0, 0.1) is 11.6 Å². The van der Waals surface area contributed by atoms with Crippen LogP contribution in [-0.4, -0.2) is 32.1 Å². The summed E-state index contributed by atoms with van der Waals surface area (Å²) in [5.41, 5.74) is 0.439. The zero-order valence-corrected chi connectivity index (χ0v) is 15.0. The Labute approximate surface area is 155 Å². The first-order chi connectivity index (χ1) is 12.9. The van der Waals surface area contributed by atoms with Crippen molar-refractivity contribution in [3.63, 3.8) is 0 Å². The number of methoxy groups -OCH3 is 1. The van der Waals surface area contributed by atoms with Crippen molar-refractivity contribution < 1.29 is 23.1 Å². The fourth-order valence-electron chi connectivity index (χ4n) is 2.46. The second-order valence-corrected chi connectivity index (χ2v) is 5.74. The summed E-state index contributed by atoms with van der Waals surface area (Å²) in [5.74, 6) is -1.15. The molecular formula is C19H21F2N3O3. The molecule has 0 aromatic heterocycles. The fraction of sp³-hybridized carbons (Fsp3) is 0.263. The van der Waals surface area contributed by atoms with Gasteiger partial charge >= 0.3 is 6.03 Å². The second kappa shape index (κ2) is 9.51. The summed E-state index contributed by atoms with van der Waals surface area (Å²) in [4.78, 5) is 23.8. The van der Waals surface area contributed by atoms with Crippen molar-refractivity contribution >= 4 is 11.9 Å². The Kier molecular flexibility index (Phi) is 7.10. The van der Waals surface area contributed by atoms with Crippen LogP contribution in [0.2, 0.25) is 0 Å². The predicted molar refractivity (Wildman–Crippen MR) is 96.6 cm³/mol. The number of halogens is 2. The van der Waals surface area contributed by atoms with Gasteiger partial charge in [0.15, 0.2) is 0 Å². The van der Waals surface area contributed by atoms with Gasteiger partial charge in [-0.25, -0.2) is 13.6 Å². The molecular weight excluding hydrogens is 356 g/mol. The van der Waals surface area contributed by atoms with Crippen molar-refractivity contribution in [3.8, 4) is 5.75 Å². The third-order valence-corrected chi connectivity index (χ3v) is 3.82. The second-order valence-electron chi connectivity index (χ2n) is 5.74. The first kappa shape index (κ1) is 20.2. The largest absolute Gasteiger partial charge is 0.496 e. The van der Waals surface area contributed by atoms with E-state index in [1.807, 2.05) is 0 Å². The number of rotatable bonds is 7. The molecule has 2 rings (SSSR count). The third-order valence-electron chi connectivity index (χ3n) is 3.82. The molecule has 0 aliphatic carbocycles. The van der Waals surface area contributed by atoms with Crippen LogP contribution in [0.3, 0.4) is 0 Å². The van der Waals surface area contributed by atoms with Crippen LogP contribution in [0.1, 0.15) is 28.9 Å². The lowest BCUT2D eigenvalue weighted by Crippen LogP contribution is -2.41. The van der Waals surface area contributed by atoms with Gasteiger partial charge in [0, 0.05) is 18.7 Å². The molecule has 0 fully saturated rings. The third kappa shape index (κ3) is 5.67. The molecule has 0 spiro atoms. The molecule has 0 aliphatic heterocycles. The number of hydrogen-bond donors (Lipinski definition) is 3. The summed E-state index contributed by atoms with van der Waals surface area (Å²) in [5, 5.41) is 7.74. The molecule has 3 amide bonds. The molecule has 8 heteroatoms.